The fraction of sp³-hybridized carbons (Fsp3) is 0.250. The van der Waals surface area contributed by atoms with Gasteiger partial charge in [0.05, 0.1) is 25.0 Å². The molecule has 0 radical (unpaired) electrons. The maximum absolute atomic E-state index is 11.5. The number of nitrogen functional groups attached to an aromatic ring is 1. The van der Waals surface area contributed by atoms with E-state index >= 15 is 0 Å². The largest absolute Gasteiger partial charge is 0.378 e. The summed E-state index contributed by atoms with van der Waals surface area (Å²) < 4.78 is 30.9. The summed E-state index contributed by atoms with van der Waals surface area (Å²) in [5.74, 6) is 1.40. The van der Waals surface area contributed by atoms with Crippen molar-refractivity contribution >= 4 is 49.2 Å². The first-order valence-electron chi connectivity index (χ1n) is 10.0. The lowest BCUT2D eigenvalue weighted by Gasteiger charge is -2.28. The van der Waals surface area contributed by atoms with Crippen LogP contribution in [0.15, 0.2) is 36.7 Å². The third-order valence-electron chi connectivity index (χ3n) is 4.92. The van der Waals surface area contributed by atoms with E-state index in [1.807, 2.05) is 12.1 Å². The van der Waals surface area contributed by atoms with Gasteiger partial charge in [-0.3, -0.25) is 4.72 Å². The van der Waals surface area contributed by atoms with Crippen molar-refractivity contribution in [1.29, 1.82) is 0 Å². The number of thiazole rings is 1. The second-order valence-electron chi connectivity index (χ2n) is 7.42. The highest BCUT2D eigenvalue weighted by atomic mass is 32.2. The molecule has 0 saturated carbocycles. The minimum atomic E-state index is -3.34. The Morgan fingerprint density at radius 2 is 1.73 bits per heavy atom. The van der Waals surface area contributed by atoms with Crippen molar-refractivity contribution in [3.05, 3.63) is 36.7 Å². The van der Waals surface area contributed by atoms with Crippen LogP contribution in [-0.4, -0.2) is 65.9 Å². The Morgan fingerprint density at radius 1 is 1.03 bits per heavy atom. The standard InChI is InChI=1S/C20H20N8O3S2/c1-33(29,30)27-14-4-2-12(3-5-14)18-24-15-17(28-6-8-31-9-7-28)25-16(26-19(15)32-18)13-10-22-20(21)23-11-13/h2-5,10-11,27H,6-9H2,1H3,(H2,21,22,23). The minimum absolute atomic E-state index is 0.183. The van der Waals surface area contributed by atoms with Gasteiger partial charge in [-0.2, -0.15) is 0 Å². The summed E-state index contributed by atoms with van der Waals surface area (Å²) in [6.45, 7) is 2.61. The third-order valence-corrected chi connectivity index (χ3v) is 6.52. The molecule has 0 unspecified atom stereocenters. The van der Waals surface area contributed by atoms with Gasteiger partial charge in [0.2, 0.25) is 16.0 Å². The maximum Gasteiger partial charge on any atom is 0.229 e. The molecule has 0 spiro atoms. The Bertz CT molecular complexity index is 1400. The number of morpholine rings is 1. The Hall–Kier alpha value is -3.42. The smallest absolute Gasteiger partial charge is 0.229 e. The van der Waals surface area contributed by atoms with Crippen molar-refractivity contribution in [3.63, 3.8) is 0 Å². The Labute approximate surface area is 193 Å². The molecule has 3 N–H and O–H groups in total. The molecule has 1 aromatic carbocycles. The molecule has 0 amide bonds. The van der Waals surface area contributed by atoms with Crippen molar-refractivity contribution in [2.45, 2.75) is 0 Å². The van der Waals surface area contributed by atoms with Crippen LogP contribution in [0.25, 0.3) is 32.3 Å². The van der Waals surface area contributed by atoms with Crippen molar-refractivity contribution in [1.82, 2.24) is 24.9 Å². The van der Waals surface area contributed by atoms with Gasteiger partial charge < -0.3 is 15.4 Å². The normalized spacial score (nSPS) is 14.5. The molecular weight excluding hydrogens is 464 g/mol. The molecule has 1 saturated heterocycles. The monoisotopic (exact) mass is 484 g/mol. The molecule has 1 aliphatic heterocycles. The van der Waals surface area contributed by atoms with Crippen LogP contribution in [0.5, 0.6) is 0 Å². The molecule has 1 aliphatic rings. The molecule has 0 bridgehead atoms. The average molecular weight is 485 g/mol. The summed E-state index contributed by atoms with van der Waals surface area (Å²) in [6, 6.07) is 7.05. The van der Waals surface area contributed by atoms with Crippen LogP contribution in [0, 0.1) is 0 Å². The SMILES string of the molecule is CS(=O)(=O)Nc1ccc(-c2nc3c(N4CCOCC4)nc(-c4cnc(N)nc4)nc3s2)cc1. The van der Waals surface area contributed by atoms with E-state index in [-0.39, 0.29) is 5.95 Å². The third kappa shape index (κ3) is 4.69. The van der Waals surface area contributed by atoms with E-state index in [2.05, 4.69) is 19.6 Å². The molecule has 33 heavy (non-hydrogen) atoms. The number of hydrogen-bond donors (Lipinski definition) is 2. The summed E-state index contributed by atoms with van der Waals surface area (Å²) >= 11 is 1.44. The zero-order chi connectivity index (χ0) is 23.0. The topological polar surface area (TPSA) is 149 Å². The van der Waals surface area contributed by atoms with Crippen molar-refractivity contribution in [2.75, 3.05) is 47.9 Å². The number of rotatable bonds is 5. The number of anilines is 3. The van der Waals surface area contributed by atoms with Crippen molar-refractivity contribution in [3.8, 4) is 22.0 Å². The predicted octanol–water partition coefficient (Wildman–Crippen LogP) is 2.00. The number of benzene rings is 1. The van der Waals surface area contributed by atoms with Gasteiger partial charge in [-0.1, -0.05) is 11.3 Å². The van der Waals surface area contributed by atoms with Gasteiger partial charge in [-0.05, 0) is 24.3 Å². The predicted molar refractivity (Wildman–Crippen MR) is 128 cm³/mol. The first kappa shape index (κ1) is 21.4. The number of nitrogens with zero attached hydrogens (tertiary/aromatic N) is 6. The highest BCUT2D eigenvalue weighted by molar-refractivity contribution is 7.92. The second kappa shape index (κ2) is 8.50. The molecule has 170 valence electrons. The molecule has 13 heteroatoms. The van der Waals surface area contributed by atoms with E-state index in [1.165, 1.54) is 11.3 Å². The fourth-order valence-corrected chi connectivity index (χ4v) is 4.91. The Kier molecular flexibility index (Phi) is 5.52. The Balaban J connectivity index is 1.58. The van der Waals surface area contributed by atoms with Gasteiger partial charge in [-0.15, -0.1) is 0 Å². The van der Waals surface area contributed by atoms with Gasteiger partial charge in [0.1, 0.15) is 15.4 Å². The van der Waals surface area contributed by atoms with Crippen LogP contribution in [0.2, 0.25) is 0 Å². The lowest BCUT2D eigenvalue weighted by atomic mass is 10.2. The van der Waals surface area contributed by atoms with E-state index in [0.29, 0.717) is 48.9 Å². The van der Waals surface area contributed by atoms with Gasteiger partial charge >= 0.3 is 0 Å². The number of sulfonamides is 1. The summed E-state index contributed by atoms with van der Waals surface area (Å²) in [4.78, 5) is 25.3. The van der Waals surface area contributed by atoms with Crippen LogP contribution in [-0.2, 0) is 14.8 Å². The highest BCUT2D eigenvalue weighted by Gasteiger charge is 2.22. The lowest BCUT2D eigenvalue weighted by molar-refractivity contribution is 0.122. The first-order chi connectivity index (χ1) is 15.9. The van der Waals surface area contributed by atoms with Gasteiger partial charge in [0, 0.05) is 36.7 Å². The van der Waals surface area contributed by atoms with Crippen LogP contribution < -0.4 is 15.4 Å². The molecule has 11 nitrogen and oxygen atoms in total. The minimum Gasteiger partial charge on any atom is -0.378 e. The molecule has 1 fully saturated rings. The fourth-order valence-electron chi connectivity index (χ4n) is 3.40. The van der Waals surface area contributed by atoms with Crippen LogP contribution in [0.1, 0.15) is 0 Å². The quantitative estimate of drug-likeness (QED) is 0.431. The number of ether oxygens (including phenoxy) is 1. The van der Waals surface area contributed by atoms with E-state index in [1.54, 1.807) is 24.5 Å². The molecule has 4 heterocycles. The summed E-state index contributed by atoms with van der Waals surface area (Å²) in [6.07, 6.45) is 4.31. The molecule has 3 aromatic heterocycles. The van der Waals surface area contributed by atoms with Crippen LogP contribution in [0.3, 0.4) is 0 Å². The van der Waals surface area contributed by atoms with E-state index in [0.717, 1.165) is 27.5 Å². The molecular formula is C20H20N8O3S2. The van der Waals surface area contributed by atoms with Crippen LogP contribution in [0.4, 0.5) is 17.5 Å². The summed E-state index contributed by atoms with van der Waals surface area (Å²) in [5.41, 5.74) is 8.32. The molecule has 5 rings (SSSR count). The zero-order valence-electron chi connectivity index (χ0n) is 17.6. The Morgan fingerprint density at radius 3 is 2.39 bits per heavy atom. The lowest BCUT2D eigenvalue weighted by Crippen LogP contribution is -2.37. The number of fused-ring (bicyclic) bond motifs is 1. The molecule has 4 aromatic rings. The van der Waals surface area contributed by atoms with Crippen molar-refractivity contribution in [2.24, 2.45) is 0 Å². The molecule has 0 atom stereocenters. The first-order valence-corrected chi connectivity index (χ1v) is 12.7. The second-order valence-corrected chi connectivity index (χ2v) is 10.2. The van der Waals surface area contributed by atoms with Crippen LogP contribution >= 0.6 is 11.3 Å². The van der Waals surface area contributed by atoms with E-state index in [9.17, 15) is 8.42 Å². The number of aromatic nitrogens is 5. The van der Waals surface area contributed by atoms with Gasteiger partial charge in [-0.25, -0.2) is 33.3 Å². The summed E-state index contributed by atoms with van der Waals surface area (Å²) in [5, 5.41) is 0.755. The highest BCUT2D eigenvalue weighted by Crippen LogP contribution is 2.35. The number of hydrogen-bond acceptors (Lipinski definition) is 11. The maximum atomic E-state index is 11.5. The van der Waals surface area contributed by atoms with Gasteiger partial charge in [0.15, 0.2) is 11.6 Å². The summed E-state index contributed by atoms with van der Waals surface area (Å²) in [7, 11) is -3.34. The average Bonchev–Trinajstić information content (AvgIpc) is 3.23. The number of nitrogens with two attached hydrogens (primary N) is 1. The zero-order valence-corrected chi connectivity index (χ0v) is 19.2. The van der Waals surface area contributed by atoms with E-state index in [4.69, 9.17) is 25.4 Å². The van der Waals surface area contributed by atoms with Crippen molar-refractivity contribution < 1.29 is 13.2 Å². The molecule has 0 aliphatic carbocycles. The van der Waals surface area contributed by atoms with E-state index < -0.39 is 10.0 Å². The number of nitrogens with one attached hydrogen (secondary N) is 1. The van der Waals surface area contributed by atoms with Gasteiger partial charge in [0.25, 0.3) is 0 Å².